The number of aromatic nitrogens is 2. The van der Waals surface area contributed by atoms with Gasteiger partial charge in [-0.1, -0.05) is 0 Å². The highest BCUT2D eigenvalue weighted by Gasteiger charge is 1.97. The Kier molecular flexibility index (Phi) is 3.74. The quantitative estimate of drug-likeness (QED) is 0.712. The first kappa shape index (κ1) is 10.3. The van der Waals surface area contributed by atoms with Crippen molar-refractivity contribution in [2.75, 3.05) is 11.9 Å². The second-order valence-electron chi connectivity index (χ2n) is 2.79. The fourth-order valence-corrected chi connectivity index (χ4v) is 1.07. The van der Waals surface area contributed by atoms with E-state index in [1.54, 1.807) is 6.20 Å². The van der Waals surface area contributed by atoms with Crippen LogP contribution in [0.15, 0.2) is 17.1 Å². The van der Waals surface area contributed by atoms with Crippen LogP contribution in [-0.2, 0) is 6.54 Å². The first-order chi connectivity index (χ1) is 6.77. The van der Waals surface area contributed by atoms with E-state index in [-0.39, 0.29) is 5.56 Å². The largest absolute Gasteiger partial charge is 0.384 e. The van der Waals surface area contributed by atoms with Crippen molar-refractivity contribution in [3.63, 3.8) is 0 Å². The van der Waals surface area contributed by atoms with Crippen molar-refractivity contribution >= 4 is 5.69 Å². The first-order valence-corrected chi connectivity index (χ1v) is 4.52. The zero-order valence-electron chi connectivity index (χ0n) is 8.16. The zero-order chi connectivity index (χ0) is 10.4. The minimum Gasteiger partial charge on any atom is -0.384 e. The Balaban J connectivity index is 2.80. The molecule has 0 bridgehead atoms. The van der Waals surface area contributed by atoms with Crippen LogP contribution >= 0.6 is 0 Å². The predicted molar refractivity (Wildman–Crippen MR) is 56.1 cm³/mol. The molecular weight excluding hydrogens is 178 g/mol. The highest BCUT2D eigenvalue weighted by molar-refractivity contribution is 5.38. The molecule has 0 radical (unpaired) electrons. The monoisotopic (exact) mass is 191 g/mol. The number of rotatable bonds is 4. The molecule has 0 aliphatic rings. The van der Waals surface area contributed by atoms with Gasteiger partial charge in [0, 0.05) is 19.0 Å². The van der Waals surface area contributed by atoms with E-state index in [0.717, 1.165) is 12.2 Å². The van der Waals surface area contributed by atoms with E-state index >= 15 is 0 Å². The van der Waals surface area contributed by atoms with Crippen LogP contribution in [0.4, 0.5) is 5.69 Å². The van der Waals surface area contributed by atoms with E-state index in [4.69, 9.17) is 6.42 Å². The SMILES string of the molecule is C#CCCn1ncc(NCC)cc1=O. The summed E-state index contributed by atoms with van der Waals surface area (Å²) in [5.41, 5.74) is 0.619. The molecule has 0 amide bonds. The molecule has 0 fully saturated rings. The molecule has 74 valence electrons. The maximum Gasteiger partial charge on any atom is 0.268 e. The third-order valence-corrected chi connectivity index (χ3v) is 1.72. The molecule has 0 saturated heterocycles. The van der Waals surface area contributed by atoms with E-state index in [2.05, 4.69) is 16.3 Å². The molecule has 0 aliphatic heterocycles. The second-order valence-corrected chi connectivity index (χ2v) is 2.79. The number of anilines is 1. The summed E-state index contributed by atoms with van der Waals surface area (Å²) in [6, 6.07) is 1.52. The third-order valence-electron chi connectivity index (χ3n) is 1.72. The van der Waals surface area contributed by atoms with Crippen LogP contribution in [0.1, 0.15) is 13.3 Å². The van der Waals surface area contributed by atoms with Crippen molar-refractivity contribution in [3.8, 4) is 12.3 Å². The molecule has 1 heterocycles. The molecule has 0 unspecified atom stereocenters. The lowest BCUT2D eigenvalue weighted by Crippen LogP contribution is -2.22. The maximum atomic E-state index is 11.4. The third kappa shape index (κ3) is 2.63. The van der Waals surface area contributed by atoms with Crippen molar-refractivity contribution in [2.24, 2.45) is 0 Å². The summed E-state index contributed by atoms with van der Waals surface area (Å²) >= 11 is 0. The summed E-state index contributed by atoms with van der Waals surface area (Å²) in [4.78, 5) is 11.4. The second kappa shape index (κ2) is 5.07. The zero-order valence-corrected chi connectivity index (χ0v) is 8.16. The predicted octanol–water partition coefficient (Wildman–Crippen LogP) is 0.698. The van der Waals surface area contributed by atoms with Crippen molar-refractivity contribution in [3.05, 3.63) is 22.6 Å². The van der Waals surface area contributed by atoms with E-state index in [1.807, 2.05) is 6.92 Å². The Labute approximate surface area is 82.9 Å². The minimum atomic E-state index is -0.126. The number of aryl methyl sites for hydroxylation is 1. The van der Waals surface area contributed by atoms with Gasteiger partial charge in [0.1, 0.15) is 0 Å². The van der Waals surface area contributed by atoms with Crippen LogP contribution in [0, 0.1) is 12.3 Å². The van der Waals surface area contributed by atoms with Gasteiger partial charge in [-0.2, -0.15) is 5.10 Å². The molecule has 0 saturated carbocycles. The van der Waals surface area contributed by atoms with E-state index in [1.165, 1.54) is 10.7 Å². The summed E-state index contributed by atoms with van der Waals surface area (Å²) < 4.78 is 1.36. The molecule has 0 atom stereocenters. The van der Waals surface area contributed by atoms with Gasteiger partial charge in [-0.05, 0) is 6.92 Å². The Hall–Kier alpha value is -1.76. The van der Waals surface area contributed by atoms with Crippen LogP contribution in [0.25, 0.3) is 0 Å². The van der Waals surface area contributed by atoms with Gasteiger partial charge in [0.15, 0.2) is 0 Å². The highest BCUT2D eigenvalue weighted by Crippen LogP contribution is 1.98. The van der Waals surface area contributed by atoms with Crippen molar-refractivity contribution in [1.29, 1.82) is 0 Å². The van der Waals surface area contributed by atoms with Gasteiger partial charge < -0.3 is 5.32 Å². The van der Waals surface area contributed by atoms with Gasteiger partial charge >= 0.3 is 0 Å². The van der Waals surface area contributed by atoms with Crippen LogP contribution < -0.4 is 10.9 Å². The Morgan fingerprint density at radius 3 is 3.07 bits per heavy atom. The van der Waals surface area contributed by atoms with Gasteiger partial charge in [0.2, 0.25) is 0 Å². The van der Waals surface area contributed by atoms with Crippen molar-refractivity contribution < 1.29 is 0 Å². The first-order valence-electron chi connectivity index (χ1n) is 4.52. The average molecular weight is 191 g/mol. The summed E-state index contributed by atoms with van der Waals surface area (Å²) in [6.45, 7) is 3.21. The topological polar surface area (TPSA) is 46.9 Å². The highest BCUT2D eigenvalue weighted by atomic mass is 16.1. The normalized spacial score (nSPS) is 9.43. The molecule has 1 N–H and O–H groups in total. The molecule has 4 nitrogen and oxygen atoms in total. The lowest BCUT2D eigenvalue weighted by molar-refractivity contribution is 0.591. The molecule has 1 aromatic heterocycles. The fourth-order valence-electron chi connectivity index (χ4n) is 1.07. The smallest absolute Gasteiger partial charge is 0.268 e. The van der Waals surface area contributed by atoms with Crippen LogP contribution in [0.2, 0.25) is 0 Å². The van der Waals surface area contributed by atoms with E-state index < -0.39 is 0 Å². The number of nitrogens with zero attached hydrogens (tertiary/aromatic N) is 2. The van der Waals surface area contributed by atoms with Gasteiger partial charge in [0.05, 0.1) is 18.4 Å². The Bertz CT molecular complexity index is 389. The number of terminal acetylenes is 1. The van der Waals surface area contributed by atoms with Gasteiger partial charge in [-0.15, -0.1) is 12.3 Å². The lowest BCUT2D eigenvalue weighted by Gasteiger charge is -2.04. The standard InChI is InChI=1S/C10H13N3O/c1-3-5-6-13-10(14)7-9(8-12-13)11-4-2/h1,7-8,11H,4-6H2,2H3. The minimum absolute atomic E-state index is 0.126. The lowest BCUT2D eigenvalue weighted by atomic mass is 10.4. The summed E-state index contributed by atoms with van der Waals surface area (Å²) in [5, 5.41) is 7.00. The van der Waals surface area contributed by atoms with Crippen LogP contribution in [0.5, 0.6) is 0 Å². The fraction of sp³-hybridized carbons (Fsp3) is 0.400. The van der Waals surface area contributed by atoms with Gasteiger partial charge in [-0.25, -0.2) is 4.68 Å². The maximum absolute atomic E-state index is 11.4. The van der Waals surface area contributed by atoms with Crippen molar-refractivity contribution in [2.45, 2.75) is 19.9 Å². The molecule has 0 aromatic carbocycles. The molecule has 1 aromatic rings. The van der Waals surface area contributed by atoms with E-state index in [9.17, 15) is 4.79 Å². The molecule has 4 heteroatoms. The van der Waals surface area contributed by atoms with Gasteiger partial charge in [0.25, 0.3) is 5.56 Å². The Morgan fingerprint density at radius 1 is 1.71 bits per heavy atom. The summed E-state index contributed by atoms with van der Waals surface area (Å²) in [5.74, 6) is 2.47. The molecule has 1 rings (SSSR count). The number of nitrogens with one attached hydrogen (secondary N) is 1. The summed E-state index contributed by atoms with van der Waals surface area (Å²) in [6.07, 6.45) is 7.25. The summed E-state index contributed by atoms with van der Waals surface area (Å²) in [7, 11) is 0. The average Bonchev–Trinajstić information content (AvgIpc) is 2.17. The molecular formula is C10H13N3O. The number of hydrogen-bond acceptors (Lipinski definition) is 3. The number of hydrogen-bond donors (Lipinski definition) is 1. The van der Waals surface area contributed by atoms with Crippen LogP contribution in [-0.4, -0.2) is 16.3 Å². The van der Waals surface area contributed by atoms with E-state index in [0.29, 0.717) is 13.0 Å². The molecule has 0 spiro atoms. The molecule has 0 aliphatic carbocycles. The van der Waals surface area contributed by atoms with Crippen LogP contribution in [0.3, 0.4) is 0 Å². The van der Waals surface area contributed by atoms with Crippen molar-refractivity contribution in [1.82, 2.24) is 9.78 Å². The molecule has 14 heavy (non-hydrogen) atoms. The Morgan fingerprint density at radius 2 is 2.50 bits per heavy atom. The van der Waals surface area contributed by atoms with Gasteiger partial charge in [-0.3, -0.25) is 4.79 Å².